The van der Waals surface area contributed by atoms with Gasteiger partial charge in [-0.3, -0.25) is 9.63 Å². The Morgan fingerprint density at radius 3 is 2.87 bits per heavy atom. The first-order valence-electron chi connectivity index (χ1n) is 4.91. The summed E-state index contributed by atoms with van der Waals surface area (Å²) in [6.07, 6.45) is 0.809. The van der Waals surface area contributed by atoms with E-state index in [1.54, 1.807) is 25.1 Å². The van der Waals surface area contributed by atoms with E-state index < -0.39 is 0 Å². The van der Waals surface area contributed by atoms with Crippen LogP contribution in [0, 0.1) is 0 Å². The van der Waals surface area contributed by atoms with E-state index in [2.05, 4.69) is 5.48 Å². The van der Waals surface area contributed by atoms with Crippen molar-refractivity contribution in [3.05, 3.63) is 29.8 Å². The van der Waals surface area contributed by atoms with Gasteiger partial charge >= 0.3 is 0 Å². The van der Waals surface area contributed by atoms with Crippen molar-refractivity contribution < 1.29 is 14.7 Å². The number of carbonyl (C=O) groups excluding carboxylic acids is 1. The highest BCUT2D eigenvalue weighted by atomic mass is 16.6. The number of carbonyl (C=O) groups is 1. The number of para-hydroxylation sites is 1. The van der Waals surface area contributed by atoms with Crippen LogP contribution in [0.4, 0.5) is 0 Å². The van der Waals surface area contributed by atoms with Crippen molar-refractivity contribution in [2.24, 2.45) is 0 Å². The predicted molar refractivity (Wildman–Crippen MR) is 56.2 cm³/mol. The van der Waals surface area contributed by atoms with Crippen molar-refractivity contribution in [2.45, 2.75) is 19.8 Å². The summed E-state index contributed by atoms with van der Waals surface area (Å²) in [4.78, 5) is 15.9. The van der Waals surface area contributed by atoms with Gasteiger partial charge in [-0.15, -0.1) is 0 Å². The van der Waals surface area contributed by atoms with Crippen molar-refractivity contribution in [3.63, 3.8) is 0 Å². The van der Waals surface area contributed by atoms with E-state index >= 15 is 0 Å². The summed E-state index contributed by atoms with van der Waals surface area (Å²) in [6, 6.07) is 6.98. The van der Waals surface area contributed by atoms with Crippen LogP contribution in [0.2, 0.25) is 0 Å². The minimum Gasteiger partial charge on any atom is -0.508 e. The maximum absolute atomic E-state index is 11.2. The number of hydrogen-bond donors (Lipinski definition) is 2. The molecule has 0 spiro atoms. The van der Waals surface area contributed by atoms with Gasteiger partial charge in [0.2, 0.25) is 5.91 Å². The van der Waals surface area contributed by atoms with E-state index in [4.69, 9.17) is 4.84 Å². The van der Waals surface area contributed by atoms with Gasteiger partial charge in [0.05, 0.1) is 6.61 Å². The fourth-order valence-corrected chi connectivity index (χ4v) is 1.17. The summed E-state index contributed by atoms with van der Waals surface area (Å²) in [5, 5.41) is 9.44. The van der Waals surface area contributed by atoms with E-state index in [1.165, 1.54) is 0 Å². The molecule has 0 aliphatic carbocycles. The van der Waals surface area contributed by atoms with Crippen LogP contribution in [0.5, 0.6) is 5.75 Å². The number of aryl methyl sites for hydroxylation is 1. The number of phenols is 1. The van der Waals surface area contributed by atoms with Gasteiger partial charge in [-0.2, -0.15) is 0 Å². The maximum atomic E-state index is 11.2. The maximum Gasteiger partial charge on any atom is 0.243 e. The molecule has 0 fully saturated rings. The zero-order valence-electron chi connectivity index (χ0n) is 8.69. The third-order valence-corrected chi connectivity index (χ3v) is 1.94. The molecule has 4 heteroatoms. The standard InChI is InChI=1S/C11H15NO3/c1-2-15-12-11(14)8-7-9-5-3-4-6-10(9)13/h3-6,13H,2,7-8H2,1H3,(H,12,14). The molecule has 0 aliphatic rings. The molecule has 0 unspecified atom stereocenters. The van der Waals surface area contributed by atoms with Crippen LogP contribution in [0.3, 0.4) is 0 Å². The van der Waals surface area contributed by atoms with Gasteiger partial charge < -0.3 is 5.11 Å². The molecule has 2 N–H and O–H groups in total. The molecule has 1 aromatic carbocycles. The molecule has 0 heterocycles. The number of nitrogens with one attached hydrogen (secondary N) is 1. The fourth-order valence-electron chi connectivity index (χ4n) is 1.17. The van der Waals surface area contributed by atoms with Crippen LogP contribution in [-0.2, 0) is 16.1 Å². The van der Waals surface area contributed by atoms with Gasteiger partial charge in [-0.05, 0) is 25.0 Å². The number of hydrogen-bond acceptors (Lipinski definition) is 3. The lowest BCUT2D eigenvalue weighted by molar-refractivity contribution is -0.133. The molecule has 15 heavy (non-hydrogen) atoms. The molecular formula is C11H15NO3. The number of amides is 1. The van der Waals surface area contributed by atoms with Gasteiger partial charge in [0, 0.05) is 6.42 Å². The topological polar surface area (TPSA) is 58.6 Å². The molecule has 1 aromatic rings. The number of phenolic OH excluding ortho intramolecular Hbond substituents is 1. The largest absolute Gasteiger partial charge is 0.508 e. The number of rotatable bonds is 5. The summed E-state index contributed by atoms with van der Waals surface area (Å²) in [7, 11) is 0. The van der Waals surface area contributed by atoms with Crippen molar-refractivity contribution >= 4 is 5.91 Å². The van der Waals surface area contributed by atoms with Crippen molar-refractivity contribution in [2.75, 3.05) is 6.61 Å². The lowest BCUT2D eigenvalue weighted by Gasteiger charge is -2.05. The summed E-state index contributed by atoms with van der Waals surface area (Å²) >= 11 is 0. The van der Waals surface area contributed by atoms with Gasteiger partial charge in [0.15, 0.2) is 0 Å². The van der Waals surface area contributed by atoms with Crippen LogP contribution in [0.1, 0.15) is 18.9 Å². The van der Waals surface area contributed by atoms with E-state index in [-0.39, 0.29) is 11.7 Å². The van der Waals surface area contributed by atoms with Crippen LogP contribution < -0.4 is 5.48 Å². The second kappa shape index (κ2) is 6.03. The SMILES string of the molecule is CCONC(=O)CCc1ccccc1O. The quantitative estimate of drug-likeness (QED) is 0.720. The summed E-state index contributed by atoms with van der Waals surface area (Å²) in [5.74, 6) is 0.0433. The number of hydroxylamine groups is 1. The molecule has 0 aromatic heterocycles. The predicted octanol–water partition coefficient (Wildman–Crippen LogP) is 1.39. The smallest absolute Gasteiger partial charge is 0.243 e. The lowest BCUT2D eigenvalue weighted by Crippen LogP contribution is -2.23. The Bertz CT molecular complexity index is 325. The van der Waals surface area contributed by atoms with Crippen molar-refractivity contribution in [1.29, 1.82) is 0 Å². The Labute approximate surface area is 88.8 Å². The normalized spacial score (nSPS) is 9.93. The second-order valence-corrected chi connectivity index (χ2v) is 3.09. The lowest BCUT2D eigenvalue weighted by atomic mass is 10.1. The Hall–Kier alpha value is -1.55. The van der Waals surface area contributed by atoms with Crippen LogP contribution >= 0.6 is 0 Å². The summed E-state index contributed by atoms with van der Waals surface area (Å²) in [5.41, 5.74) is 3.07. The highest BCUT2D eigenvalue weighted by molar-refractivity contribution is 5.75. The molecule has 4 nitrogen and oxygen atoms in total. The molecule has 0 radical (unpaired) electrons. The highest BCUT2D eigenvalue weighted by Crippen LogP contribution is 2.16. The Balaban J connectivity index is 2.37. The number of aromatic hydroxyl groups is 1. The fraction of sp³-hybridized carbons (Fsp3) is 0.364. The summed E-state index contributed by atoms with van der Waals surface area (Å²) in [6.45, 7) is 2.24. The van der Waals surface area contributed by atoms with Crippen molar-refractivity contribution in [1.82, 2.24) is 5.48 Å². The summed E-state index contributed by atoms with van der Waals surface area (Å²) < 4.78 is 0. The minimum atomic E-state index is -0.180. The second-order valence-electron chi connectivity index (χ2n) is 3.09. The molecule has 0 saturated carbocycles. The molecule has 1 rings (SSSR count). The average Bonchev–Trinajstić information content (AvgIpc) is 2.25. The monoisotopic (exact) mass is 209 g/mol. The van der Waals surface area contributed by atoms with Crippen LogP contribution in [0.25, 0.3) is 0 Å². The molecule has 0 atom stereocenters. The zero-order chi connectivity index (χ0) is 11.1. The van der Waals surface area contributed by atoms with Crippen LogP contribution in [0.15, 0.2) is 24.3 Å². The Kier molecular flexibility index (Phi) is 4.63. The zero-order valence-corrected chi connectivity index (χ0v) is 8.69. The van der Waals surface area contributed by atoms with Gasteiger partial charge in [0.1, 0.15) is 5.75 Å². The van der Waals surface area contributed by atoms with Gasteiger partial charge in [-0.25, -0.2) is 5.48 Å². The van der Waals surface area contributed by atoms with Gasteiger partial charge in [-0.1, -0.05) is 18.2 Å². The van der Waals surface area contributed by atoms with Gasteiger partial charge in [0.25, 0.3) is 0 Å². The average molecular weight is 209 g/mol. The highest BCUT2D eigenvalue weighted by Gasteiger charge is 2.04. The van der Waals surface area contributed by atoms with E-state index in [0.29, 0.717) is 19.4 Å². The van der Waals surface area contributed by atoms with E-state index in [0.717, 1.165) is 5.56 Å². The van der Waals surface area contributed by atoms with E-state index in [9.17, 15) is 9.90 Å². The first kappa shape index (κ1) is 11.5. The third-order valence-electron chi connectivity index (χ3n) is 1.94. The number of benzene rings is 1. The molecule has 0 saturated heterocycles. The molecule has 1 amide bonds. The Morgan fingerprint density at radius 1 is 1.47 bits per heavy atom. The third kappa shape index (κ3) is 3.99. The van der Waals surface area contributed by atoms with E-state index in [1.807, 2.05) is 6.07 Å². The van der Waals surface area contributed by atoms with Crippen LogP contribution in [-0.4, -0.2) is 17.6 Å². The molecule has 82 valence electrons. The Morgan fingerprint density at radius 2 is 2.20 bits per heavy atom. The minimum absolute atomic E-state index is 0.180. The molecule has 0 bridgehead atoms. The molecule has 0 aliphatic heterocycles. The molecular weight excluding hydrogens is 194 g/mol. The first-order chi connectivity index (χ1) is 7.24. The first-order valence-corrected chi connectivity index (χ1v) is 4.91. The van der Waals surface area contributed by atoms with Crippen molar-refractivity contribution in [3.8, 4) is 5.75 Å².